The summed E-state index contributed by atoms with van der Waals surface area (Å²) in [7, 11) is 0. The van der Waals surface area contributed by atoms with Gasteiger partial charge in [-0.2, -0.15) is 9.13 Å². The van der Waals surface area contributed by atoms with Crippen LogP contribution in [-0.2, 0) is 0 Å². The Morgan fingerprint density at radius 2 is 0.677 bits per heavy atom. The molecular weight excluding hydrogens is 753 g/mol. The third-order valence-electron chi connectivity index (χ3n) is 13.2. The van der Waals surface area contributed by atoms with Crippen LogP contribution in [0.15, 0.2) is 207 Å². The average Bonchev–Trinajstić information content (AvgIpc) is 3.94. The maximum atomic E-state index is 2.64. The van der Waals surface area contributed by atoms with Crippen molar-refractivity contribution in [1.82, 2.24) is 9.13 Å². The van der Waals surface area contributed by atoms with Crippen molar-refractivity contribution in [2.75, 3.05) is 0 Å². The third-order valence-corrected chi connectivity index (χ3v) is 13.2. The Labute approximate surface area is 364 Å². The van der Waals surface area contributed by atoms with Crippen LogP contribution in [0.1, 0.15) is 48.9 Å². The molecule has 0 aliphatic heterocycles. The molecule has 0 saturated heterocycles. The van der Waals surface area contributed by atoms with E-state index in [-0.39, 0.29) is 12.1 Å². The van der Waals surface area contributed by atoms with Gasteiger partial charge in [0.1, 0.15) is 23.5 Å². The Hall–Kier alpha value is -7.30. The fourth-order valence-electron chi connectivity index (χ4n) is 10.2. The van der Waals surface area contributed by atoms with Crippen molar-refractivity contribution >= 4 is 22.1 Å². The summed E-state index contributed by atoms with van der Waals surface area (Å²) in [5.74, 6) is 0. The molecule has 4 heteroatoms. The summed E-state index contributed by atoms with van der Waals surface area (Å²) in [4.78, 5) is 0. The first-order valence-electron chi connectivity index (χ1n) is 22.1. The molecule has 4 nitrogen and oxygen atoms in total. The topological polar surface area (TPSA) is 17.6 Å². The molecule has 2 aromatic heterocycles. The minimum absolute atomic E-state index is 0.249. The Kier molecular flexibility index (Phi) is 9.69. The van der Waals surface area contributed by atoms with Crippen molar-refractivity contribution in [2.24, 2.45) is 0 Å². The van der Waals surface area contributed by atoms with Crippen LogP contribution in [0.25, 0.3) is 77.9 Å². The summed E-state index contributed by atoms with van der Waals surface area (Å²) >= 11 is 0. The standard InChI is InChI=1S/C58H50N4/c1-41-19-17-31-55-57(41)61(39-59(55)51-35-47(43-21-7-3-8-22-43)33-48(36-51)44-23-9-4-10-24-44)53-29-15-16-30-54(53)62-40-60(56-32-18-20-42(2)58(56)62)52-37-49(45-25-11-5-12-26-45)34-50(38-52)46-27-13-6-14-28-46/h3-14,17-28,31-40,53-54H,15-16,29-30H2,1-2H3/q+2/t53-,54-/m1/s1. The number of nitrogens with zero attached hydrogens (tertiary/aromatic N) is 4. The first-order valence-corrected chi connectivity index (χ1v) is 22.1. The first kappa shape index (κ1) is 37.7. The summed E-state index contributed by atoms with van der Waals surface area (Å²) < 4.78 is 10.2. The number of fused-ring (bicyclic) bond motifs is 2. The van der Waals surface area contributed by atoms with Gasteiger partial charge in [0, 0.05) is 11.1 Å². The predicted molar refractivity (Wildman–Crippen MR) is 255 cm³/mol. The molecule has 0 spiro atoms. The number of benzene rings is 8. The molecule has 0 N–H and O–H groups in total. The number of hydrogen-bond acceptors (Lipinski definition) is 0. The average molecular weight is 803 g/mol. The number of aromatic nitrogens is 4. The van der Waals surface area contributed by atoms with Gasteiger partial charge in [-0.05, 0) is 133 Å². The van der Waals surface area contributed by atoms with Gasteiger partial charge < -0.3 is 0 Å². The first-order chi connectivity index (χ1) is 30.6. The maximum Gasteiger partial charge on any atom is 0.250 e. The second-order valence-corrected chi connectivity index (χ2v) is 17.1. The lowest BCUT2D eigenvalue weighted by Gasteiger charge is -2.27. The van der Waals surface area contributed by atoms with E-state index < -0.39 is 0 Å². The van der Waals surface area contributed by atoms with E-state index in [1.165, 1.54) is 102 Å². The van der Waals surface area contributed by atoms with Gasteiger partial charge in [0.15, 0.2) is 22.1 Å². The smallest absolute Gasteiger partial charge is 0.222 e. The normalized spacial score (nSPS) is 15.3. The molecule has 1 saturated carbocycles. The molecule has 8 aromatic carbocycles. The summed E-state index contributed by atoms with van der Waals surface area (Å²) in [5, 5.41) is 0. The maximum absolute atomic E-state index is 2.64. The molecule has 1 aliphatic carbocycles. The molecule has 0 radical (unpaired) electrons. The van der Waals surface area contributed by atoms with Crippen LogP contribution in [0.4, 0.5) is 0 Å². The van der Waals surface area contributed by atoms with E-state index in [4.69, 9.17) is 0 Å². The number of imidazole rings is 2. The van der Waals surface area contributed by atoms with Crippen LogP contribution in [0, 0.1) is 13.8 Å². The zero-order chi connectivity index (χ0) is 41.6. The Morgan fingerprint density at radius 1 is 0.355 bits per heavy atom. The van der Waals surface area contributed by atoms with Crippen molar-refractivity contribution in [1.29, 1.82) is 0 Å². The minimum Gasteiger partial charge on any atom is -0.222 e. The van der Waals surface area contributed by atoms with Gasteiger partial charge in [-0.15, -0.1) is 0 Å². The van der Waals surface area contributed by atoms with Crippen LogP contribution in [0.2, 0.25) is 0 Å². The number of aryl methyl sites for hydroxylation is 2. The van der Waals surface area contributed by atoms with E-state index in [2.05, 4.69) is 239 Å². The summed E-state index contributed by atoms with van der Waals surface area (Å²) in [5.41, 5.74) is 19.7. The largest absolute Gasteiger partial charge is 0.250 e. The lowest BCUT2D eigenvalue weighted by Crippen LogP contribution is -2.53. The van der Waals surface area contributed by atoms with Crippen molar-refractivity contribution in [3.05, 3.63) is 218 Å². The molecular formula is C58H50N4+2. The molecule has 11 rings (SSSR count). The molecule has 0 unspecified atom stereocenters. The second-order valence-electron chi connectivity index (χ2n) is 17.1. The van der Waals surface area contributed by atoms with Crippen molar-refractivity contribution in [2.45, 2.75) is 51.6 Å². The van der Waals surface area contributed by atoms with E-state index in [9.17, 15) is 0 Å². The molecule has 0 bridgehead atoms. The van der Waals surface area contributed by atoms with Crippen molar-refractivity contribution < 1.29 is 9.13 Å². The third kappa shape index (κ3) is 6.82. The lowest BCUT2D eigenvalue weighted by molar-refractivity contribution is -0.798. The Balaban J connectivity index is 1.08. The van der Waals surface area contributed by atoms with Crippen LogP contribution in [-0.4, -0.2) is 9.13 Å². The van der Waals surface area contributed by atoms with Gasteiger partial charge >= 0.3 is 0 Å². The Morgan fingerprint density at radius 3 is 1.00 bits per heavy atom. The highest BCUT2D eigenvalue weighted by molar-refractivity contribution is 5.83. The number of hydrogen-bond donors (Lipinski definition) is 0. The van der Waals surface area contributed by atoms with E-state index in [0.29, 0.717) is 0 Å². The molecule has 2 atom stereocenters. The summed E-state index contributed by atoms with van der Waals surface area (Å²) in [6.07, 6.45) is 9.45. The van der Waals surface area contributed by atoms with E-state index in [1.54, 1.807) is 0 Å². The van der Waals surface area contributed by atoms with Gasteiger partial charge in [-0.25, -0.2) is 9.13 Å². The Bertz CT molecular complexity index is 2860. The zero-order valence-corrected chi connectivity index (χ0v) is 35.4. The van der Waals surface area contributed by atoms with Gasteiger partial charge in [0.25, 0.3) is 0 Å². The molecule has 2 heterocycles. The molecule has 10 aromatic rings. The van der Waals surface area contributed by atoms with Crippen molar-refractivity contribution in [3.8, 4) is 55.9 Å². The van der Waals surface area contributed by atoms with Crippen LogP contribution >= 0.6 is 0 Å². The van der Waals surface area contributed by atoms with E-state index in [0.717, 1.165) is 12.8 Å². The van der Waals surface area contributed by atoms with Crippen LogP contribution < -0.4 is 9.13 Å². The molecule has 62 heavy (non-hydrogen) atoms. The zero-order valence-electron chi connectivity index (χ0n) is 35.4. The summed E-state index contributed by atoms with van der Waals surface area (Å²) in [6, 6.07) is 71.4. The second kappa shape index (κ2) is 15.9. The quantitative estimate of drug-likeness (QED) is 0.136. The highest BCUT2D eigenvalue weighted by Crippen LogP contribution is 2.38. The van der Waals surface area contributed by atoms with Gasteiger partial charge in [-0.3, -0.25) is 0 Å². The van der Waals surface area contributed by atoms with Crippen LogP contribution in [0.5, 0.6) is 0 Å². The summed E-state index contributed by atoms with van der Waals surface area (Å²) in [6.45, 7) is 4.56. The van der Waals surface area contributed by atoms with Crippen LogP contribution in [0.3, 0.4) is 0 Å². The highest BCUT2D eigenvalue weighted by Gasteiger charge is 2.39. The van der Waals surface area contributed by atoms with Crippen molar-refractivity contribution in [3.63, 3.8) is 0 Å². The number of rotatable bonds is 8. The molecule has 300 valence electrons. The highest BCUT2D eigenvalue weighted by atomic mass is 15.2. The fraction of sp³-hybridized carbons (Fsp3) is 0.138. The van der Waals surface area contributed by atoms with Gasteiger partial charge in [0.05, 0.1) is 0 Å². The van der Waals surface area contributed by atoms with Gasteiger partial charge in [0.2, 0.25) is 12.7 Å². The number of para-hydroxylation sites is 2. The van der Waals surface area contributed by atoms with E-state index in [1.807, 2.05) is 0 Å². The SMILES string of the molecule is Cc1cccc2c1[n+]([C@@H]1CCCC[C@H]1[n+]1cn(-c3cc(-c4ccccc4)cc(-c4ccccc4)c3)c3cccc(C)c31)cn2-c1cc(-c2ccccc2)cc(-c2ccccc2)c1. The minimum atomic E-state index is 0.249. The molecule has 1 fully saturated rings. The molecule has 1 aliphatic rings. The van der Waals surface area contributed by atoms with Gasteiger partial charge in [-0.1, -0.05) is 146 Å². The predicted octanol–water partition coefficient (Wildman–Crippen LogP) is 13.8. The fourth-order valence-corrected chi connectivity index (χ4v) is 10.2. The molecule has 0 amide bonds. The lowest BCUT2D eigenvalue weighted by atomic mass is 9.89. The van der Waals surface area contributed by atoms with E-state index >= 15 is 0 Å². The monoisotopic (exact) mass is 802 g/mol.